The van der Waals surface area contributed by atoms with Gasteiger partial charge in [0, 0.05) is 7.05 Å². The van der Waals surface area contributed by atoms with E-state index in [4.69, 9.17) is 5.11 Å². The van der Waals surface area contributed by atoms with E-state index in [2.05, 4.69) is 5.10 Å². The minimum atomic E-state index is -0.827. The highest BCUT2D eigenvalue weighted by Gasteiger charge is 2.12. The number of fused-ring (bicyclic) bond motifs is 1. The minimum absolute atomic E-state index is 0.0928. The van der Waals surface area contributed by atoms with Gasteiger partial charge in [0.25, 0.3) is 5.56 Å². The molecule has 0 aliphatic carbocycles. The Morgan fingerprint density at radius 2 is 2.24 bits per heavy atom. The molecule has 0 spiro atoms. The van der Waals surface area contributed by atoms with Crippen LogP contribution < -0.4 is 5.56 Å². The van der Waals surface area contributed by atoms with Crippen LogP contribution in [0, 0.1) is 5.92 Å². The van der Waals surface area contributed by atoms with Crippen LogP contribution in [0.2, 0.25) is 0 Å². The summed E-state index contributed by atoms with van der Waals surface area (Å²) >= 11 is 0. The zero-order chi connectivity index (χ0) is 12.6. The number of aromatic amines is 1. The van der Waals surface area contributed by atoms with E-state index < -0.39 is 11.9 Å². The lowest BCUT2D eigenvalue weighted by Crippen LogP contribution is -2.13. The molecule has 1 aromatic heterocycles. The fraction of sp³-hybridized carbons (Fsp3) is 0.333. The fourth-order valence-electron chi connectivity index (χ4n) is 1.85. The zero-order valence-corrected chi connectivity index (χ0v) is 9.73. The van der Waals surface area contributed by atoms with E-state index in [1.165, 1.54) is 4.68 Å². The molecule has 0 saturated carbocycles. The van der Waals surface area contributed by atoms with Gasteiger partial charge in [0.2, 0.25) is 0 Å². The van der Waals surface area contributed by atoms with Crippen LogP contribution in [0.25, 0.3) is 10.9 Å². The van der Waals surface area contributed by atoms with E-state index in [-0.39, 0.29) is 5.56 Å². The third kappa shape index (κ3) is 2.08. The van der Waals surface area contributed by atoms with Gasteiger partial charge in [-0.3, -0.25) is 19.4 Å². The van der Waals surface area contributed by atoms with Crippen molar-refractivity contribution in [1.29, 1.82) is 0 Å². The molecule has 2 N–H and O–H groups in total. The van der Waals surface area contributed by atoms with Gasteiger partial charge in [-0.15, -0.1) is 0 Å². The number of carboxylic acids is 1. The molecule has 5 nitrogen and oxygen atoms in total. The lowest BCUT2D eigenvalue weighted by atomic mass is 10.0. The quantitative estimate of drug-likeness (QED) is 0.835. The third-order valence-electron chi connectivity index (χ3n) is 2.87. The normalized spacial score (nSPS) is 12.8. The summed E-state index contributed by atoms with van der Waals surface area (Å²) in [5.41, 5.74) is 1.54. The van der Waals surface area contributed by atoms with Crippen LogP contribution in [0.5, 0.6) is 0 Å². The molecule has 0 aliphatic rings. The smallest absolute Gasteiger partial charge is 0.306 e. The molecule has 1 unspecified atom stereocenters. The molecule has 90 valence electrons. The van der Waals surface area contributed by atoms with Gasteiger partial charge in [0.05, 0.1) is 16.8 Å². The number of H-pyrrole nitrogens is 1. The van der Waals surface area contributed by atoms with Crippen LogP contribution in [0.4, 0.5) is 0 Å². The molecule has 1 aromatic carbocycles. The molecule has 17 heavy (non-hydrogen) atoms. The molecule has 2 aromatic rings. The van der Waals surface area contributed by atoms with Crippen LogP contribution in [0.1, 0.15) is 12.5 Å². The third-order valence-corrected chi connectivity index (χ3v) is 2.87. The Hall–Kier alpha value is -2.04. The van der Waals surface area contributed by atoms with Crippen molar-refractivity contribution in [2.75, 3.05) is 0 Å². The summed E-state index contributed by atoms with van der Waals surface area (Å²) in [6, 6.07) is 5.41. The number of carboxylic acid groups (broad SMARTS) is 1. The van der Waals surface area contributed by atoms with Crippen molar-refractivity contribution in [3.05, 3.63) is 34.1 Å². The monoisotopic (exact) mass is 234 g/mol. The number of hydrogen-bond donors (Lipinski definition) is 2. The van der Waals surface area contributed by atoms with Crippen molar-refractivity contribution in [2.24, 2.45) is 13.0 Å². The average molecular weight is 234 g/mol. The van der Waals surface area contributed by atoms with Gasteiger partial charge in [-0.05, 0) is 24.1 Å². The maximum atomic E-state index is 11.7. The topological polar surface area (TPSA) is 75.1 Å². The standard InChI is InChI=1S/C12H14N2O3/c1-7(12(16)17)5-8-3-4-10-9(6-8)11(15)14(2)13-10/h3-4,6-7,13H,5H2,1-2H3,(H,16,17). The second-order valence-corrected chi connectivity index (χ2v) is 4.30. The molecule has 0 aliphatic heterocycles. The number of benzene rings is 1. The van der Waals surface area contributed by atoms with Crippen molar-refractivity contribution >= 4 is 16.9 Å². The number of aliphatic carboxylic acids is 1. The largest absolute Gasteiger partial charge is 0.481 e. The Morgan fingerprint density at radius 1 is 1.53 bits per heavy atom. The number of aromatic nitrogens is 2. The Balaban J connectivity index is 2.41. The van der Waals surface area contributed by atoms with Gasteiger partial charge in [-0.1, -0.05) is 13.0 Å². The molecule has 0 bridgehead atoms. The van der Waals surface area contributed by atoms with Crippen molar-refractivity contribution in [3.8, 4) is 0 Å². The van der Waals surface area contributed by atoms with Gasteiger partial charge in [0.15, 0.2) is 0 Å². The predicted molar refractivity (Wildman–Crippen MR) is 64.0 cm³/mol. The number of carbonyl (C=O) groups is 1. The van der Waals surface area contributed by atoms with E-state index in [1.807, 2.05) is 6.07 Å². The first-order chi connectivity index (χ1) is 7.99. The van der Waals surface area contributed by atoms with Gasteiger partial charge in [0.1, 0.15) is 0 Å². The van der Waals surface area contributed by atoms with Crippen LogP contribution in [-0.4, -0.2) is 20.9 Å². The van der Waals surface area contributed by atoms with Crippen LogP contribution in [-0.2, 0) is 18.3 Å². The maximum absolute atomic E-state index is 11.7. The summed E-state index contributed by atoms with van der Waals surface area (Å²) in [4.78, 5) is 22.5. The minimum Gasteiger partial charge on any atom is -0.481 e. The molecule has 1 atom stereocenters. The van der Waals surface area contributed by atoms with E-state index in [0.29, 0.717) is 11.8 Å². The first-order valence-corrected chi connectivity index (χ1v) is 5.39. The van der Waals surface area contributed by atoms with Crippen molar-refractivity contribution < 1.29 is 9.90 Å². The molecule has 0 fully saturated rings. The lowest BCUT2D eigenvalue weighted by molar-refractivity contribution is -0.141. The fourth-order valence-corrected chi connectivity index (χ4v) is 1.85. The summed E-state index contributed by atoms with van der Waals surface area (Å²) in [5.74, 6) is -1.28. The molecule has 1 heterocycles. The van der Waals surface area contributed by atoms with Crippen LogP contribution >= 0.6 is 0 Å². The van der Waals surface area contributed by atoms with Crippen LogP contribution in [0.3, 0.4) is 0 Å². The van der Waals surface area contributed by atoms with Crippen molar-refractivity contribution in [2.45, 2.75) is 13.3 Å². The summed E-state index contributed by atoms with van der Waals surface area (Å²) in [6.07, 6.45) is 0.430. The molecule has 0 saturated heterocycles. The second-order valence-electron chi connectivity index (χ2n) is 4.30. The summed E-state index contributed by atoms with van der Waals surface area (Å²) < 4.78 is 1.41. The van der Waals surface area contributed by atoms with E-state index in [1.54, 1.807) is 26.1 Å². The SMILES string of the molecule is CC(Cc1ccc2[nH]n(C)c(=O)c2c1)C(=O)O. The molecule has 0 radical (unpaired) electrons. The predicted octanol–water partition coefficient (Wildman–Crippen LogP) is 1.13. The number of rotatable bonds is 3. The number of aryl methyl sites for hydroxylation is 1. The van der Waals surface area contributed by atoms with Crippen molar-refractivity contribution in [3.63, 3.8) is 0 Å². The first kappa shape index (κ1) is 11.4. The van der Waals surface area contributed by atoms with Crippen molar-refractivity contribution in [1.82, 2.24) is 9.78 Å². The summed E-state index contributed by atoms with van der Waals surface area (Å²) in [6.45, 7) is 1.65. The van der Waals surface area contributed by atoms with E-state index >= 15 is 0 Å². The maximum Gasteiger partial charge on any atom is 0.306 e. The Labute approximate surface area is 97.7 Å². The number of nitrogens with one attached hydrogen (secondary N) is 1. The lowest BCUT2D eigenvalue weighted by Gasteiger charge is -2.05. The highest BCUT2D eigenvalue weighted by Crippen LogP contribution is 2.14. The first-order valence-electron chi connectivity index (χ1n) is 5.39. The second kappa shape index (κ2) is 4.08. The zero-order valence-electron chi connectivity index (χ0n) is 9.73. The number of nitrogens with zero attached hydrogens (tertiary/aromatic N) is 1. The molecule has 5 heteroatoms. The highest BCUT2D eigenvalue weighted by molar-refractivity contribution is 5.79. The van der Waals surface area contributed by atoms with Gasteiger partial charge in [-0.2, -0.15) is 0 Å². The van der Waals surface area contributed by atoms with Gasteiger partial charge >= 0.3 is 5.97 Å². The molecular weight excluding hydrogens is 220 g/mol. The van der Waals surface area contributed by atoms with Gasteiger partial charge < -0.3 is 5.11 Å². The van der Waals surface area contributed by atoms with Crippen LogP contribution in [0.15, 0.2) is 23.0 Å². The summed E-state index contributed by atoms with van der Waals surface area (Å²) in [5, 5.41) is 12.4. The summed E-state index contributed by atoms with van der Waals surface area (Å²) in [7, 11) is 1.65. The Bertz CT molecular complexity index is 624. The average Bonchev–Trinajstić information content (AvgIpc) is 2.55. The molecule has 2 rings (SSSR count). The highest BCUT2D eigenvalue weighted by atomic mass is 16.4. The van der Waals surface area contributed by atoms with E-state index in [9.17, 15) is 9.59 Å². The van der Waals surface area contributed by atoms with Gasteiger partial charge in [-0.25, -0.2) is 0 Å². The Morgan fingerprint density at radius 3 is 2.88 bits per heavy atom. The molecular formula is C12H14N2O3. The number of hydrogen-bond acceptors (Lipinski definition) is 2. The molecule has 0 amide bonds. The Kier molecular flexibility index (Phi) is 2.75. The van der Waals surface area contributed by atoms with E-state index in [0.717, 1.165) is 11.1 Å².